The predicted molar refractivity (Wildman–Crippen MR) is 88.3 cm³/mol. The van der Waals surface area contributed by atoms with Crippen molar-refractivity contribution < 1.29 is 4.74 Å². The van der Waals surface area contributed by atoms with Gasteiger partial charge in [-0.15, -0.1) is 24.0 Å². The lowest BCUT2D eigenvalue weighted by atomic mass is 10.3. The highest BCUT2D eigenvalue weighted by molar-refractivity contribution is 14.0. The number of guanidine groups is 1. The molecule has 0 heterocycles. The molecule has 0 aromatic heterocycles. The molecule has 2 saturated carbocycles. The minimum absolute atomic E-state index is 0. The molecule has 2 aliphatic carbocycles. The minimum atomic E-state index is 0. The number of nitrogens with one attached hydrogen (secondary N) is 1. The standard InChI is InChI=1S/C14H19N3O.HI/c1-18-11-4-2-3-10(7-11)16-14(15)17-13-8-12(13)9-5-6-9;/h2-4,7,9,12-13H,5-6,8H2,1H3,(H3,15,16,17);1H/t12-,13+;/m0./s1. The average Bonchev–Trinajstić information content (AvgIpc) is 3.22. The lowest BCUT2D eigenvalue weighted by Gasteiger charge is -2.07. The number of nitrogens with two attached hydrogens (primary N) is 1. The molecule has 4 nitrogen and oxygen atoms in total. The molecular formula is C14H20IN3O. The zero-order valence-electron chi connectivity index (χ0n) is 11.0. The van der Waals surface area contributed by atoms with Gasteiger partial charge in [-0.2, -0.15) is 0 Å². The van der Waals surface area contributed by atoms with Crippen molar-refractivity contribution in [2.45, 2.75) is 25.3 Å². The van der Waals surface area contributed by atoms with E-state index >= 15 is 0 Å². The largest absolute Gasteiger partial charge is 0.497 e. The zero-order chi connectivity index (χ0) is 12.5. The second-order valence-corrected chi connectivity index (χ2v) is 5.18. The van der Waals surface area contributed by atoms with E-state index in [-0.39, 0.29) is 24.0 Å². The maximum Gasteiger partial charge on any atom is 0.193 e. The molecule has 0 amide bonds. The zero-order valence-corrected chi connectivity index (χ0v) is 13.3. The summed E-state index contributed by atoms with van der Waals surface area (Å²) in [6.45, 7) is 0. The third kappa shape index (κ3) is 3.75. The van der Waals surface area contributed by atoms with Crippen molar-refractivity contribution in [1.29, 1.82) is 0 Å². The Balaban J connectivity index is 0.00000133. The lowest BCUT2D eigenvalue weighted by molar-refractivity contribution is 0.415. The first-order chi connectivity index (χ1) is 8.76. The van der Waals surface area contributed by atoms with Crippen LogP contribution in [0, 0.1) is 11.8 Å². The Hall–Kier alpha value is -0.980. The summed E-state index contributed by atoms with van der Waals surface area (Å²) in [4.78, 5) is 4.52. The second kappa shape index (κ2) is 5.98. The molecule has 1 aromatic rings. The number of anilines is 1. The van der Waals surface area contributed by atoms with Crippen LogP contribution in [0.25, 0.3) is 0 Å². The van der Waals surface area contributed by atoms with Gasteiger partial charge in [0, 0.05) is 11.8 Å². The molecule has 0 radical (unpaired) electrons. The number of rotatable bonds is 4. The number of hydrogen-bond acceptors (Lipinski definition) is 2. The van der Waals surface area contributed by atoms with Gasteiger partial charge in [0.05, 0.1) is 13.2 Å². The lowest BCUT2D eigenvalue weighted by Crippen LogP contribution is -2.23. The topological polar surface area (TPSA) is 59.6 Å². The number of aliphatic imine (C=N–C) groups is 1. The Labute approximate surface area is 130 Å². The number of hydrogen-bond donors (Lipinski definition) is 2. The first kappa shape index (κ1) is 14.4. The second-order valence-electron chi connectivity index (χ2n) is 5.18. The molecule has 19 heavy (non-hydrogen) atoms. The predicted octanol–water partition coefficient (Wildman–Crippen LogP) is 2.84. The number of halogens is 1. The van der Waals surface area contributed by atoms with E-state index in [9.17, 15) is 0 Å². The Morgan fingerprint density at radius 1 is 1.42 bits per heavy atom. The van der Waals surface area contributed by atoms with E-state index in [4.69, 9.17) is 10.5 Å². The Morgan fingerprint density at radius 2 is 2.21 bits per heavy atom. The van der Waals surface area contributed by atoms with Gasteiger partial charge >= 0.3 is 0 Å². The molecule has 1 aromatic carbocycles. The van der Waals surface area contributed by atoms with Crippen LogP contribution in [0.1, 0.15) is 19.3 Å². The molecule has 104 valence electrons. The van der Waals surface area contributed by atoms with Crippen LogP contribution in [-0.4, -0.2) is 19.1 Å². The summed E-state index contributed by atoms with van der Waals surface area (Å²) in [5.74, 6) is 3.06. The van der Waals surface area contributed by atoms with Crippen molar-refractivity contribution in [3.8, 4) is 5.75 Å². The summed E-state index contributed by atoms with van der Waals surface area (Å²) < 4.78 is 5.17. The van der Waals surface area contributed by atoms with Crippen molar-refractivity contribution in [1.82, 2.24) is 0 Å². The van der Waals surface area contributed by atoms with Gasteiger partial charge in [-0.05, 0) is 43.2 Å². The fourth-order valence-electron chi connectivity index (χ4n) is 2.44. The maximum absolute atomic E-state index is 5.92. The minimum Gasteiger partial charge on any atom is -0.497 e. The van der Waals surface area contributed by atoms with Crippen LogP contribution in [0.3, 0.4) is 0 Å². The van der Waals surface area contributed by atoms with Gasteiger partial charge in [0.25, 0.3) is 0 Å². The quantitative estimate of drug-likeness (QED) is 0.485. The average molecular weight is 373 g/mol. The molecular weight excluding hydrogens is 353 g/mol. The van der Waals surface area contributed by atoms with Crippen LogP contribution in [-0.2, 0) is 0 Å². The summed E-state index contributed by atoms with van der Waals surface area (Å²) in [6, 6.07) is 8.15. The van der Waals surface area contributed by atoms with Gasteiger partial charge in [0.15, 0.2) is 5.96 Å². The van der Waals surface area contributed by atoms with Crippen molar-refractivity contribution in [3.63, 3.8) is 0 Å². The van der Waals surface area contributed by atoms with Crippen LogP contribution >= 0.6 is 24.0 Å². The van der Waals surface area contributed by atoms with Crippen molar-refractivity contribution in [3.05, 3.63) is 24.3 Å². The smallest absolute Gasteiger partial charge is 0.193 e. The van der Waals surface area contributed by atoms with E-state index in [2.05, 4.69) is 10.3 Å². The van der Waals surface area contributed by atoms with Crippen LogP contribution in [0.4, 0.5) is 5.69 Å². The van der Waals surface area contributed by atoms with Crippen LogP contribution < -0.4 is 15.8 Å². The highest BCUT2D eigenvalue weighted by atomic mass is 127. The first-order valence-corrected chi connectivity index (χ1v) is 6.50. The molecule has 3 N–H and O–H groups in total. The molecule has 0 bridgehead atoms. The number of ether oxygens (including phenoxy) is 1. The van der Waals surface area contributed by atoms with Gasteiger partial charge in [0.1, 0.15) is 5.75 Å². The number of methoxy groups -OCH3 is 1. The van der Waals surface area contributed by atoms with Gasteiger partial charge < -0.3 is 15.8 Å². The summed E-state index contributed by atoms with van der Waals surface area (Å²) in [5.41, 5.74) is 6.83. The Bertz CT molecular complexity index is 474. The Kier molecular flexibility index (Phi) is 4.54. The first-order valence-electron chi connectivity index (χ1n) is 6.50. The van der Waals surface area contributed by atoms with E-state index < -0.39 is 0 Å². The van der Waals surface area contributed by atoms with E-state index in [0.29, 0.717) is 12.0 Å². The third-order valence-electron chi connectivity index (χ3n) is 3.68. The Morgan fingerprint density at radius 3 is 2.89 bits per heavy atom. The SMILES string of the molecule is COc1cccc(NC(N)=N[C@@H]2C[C@H]2C2CC2)c1.I. The van der Waals surface area contributed by atoms with E-state index in [1.54, 1.807) is 7.11 Å². The summed E-state index contributed by atoms with van der Waals surface area (Å²) in [6.07, 6.45) is 3.99. The normalized spacial score (nSPS) is 25.4. The van der Waals surface area contributed by atoms with E-state index in [1.165, 1.54) is 19.3 Å². The molecule has 2 aliphatic rings. The van der Waals surface area contributed by atoms with Gasteiger partial charge in [-0.25, -0.2) is 4.99 Å². The number of benzene rings is 1. The molecule has 2 atom stereocenters. The molecule has 3 rings (SSSR count). The van der Waals surface area contributed by atoms with E-state index in [1.807, 2.05) is 24.3 Å². The molecule has 0 unspecified atom stereocenters. The highest BCUT2D eigenvalue weighted by Crippen LogP contribution is 2.51. The summed E-state index contributed by atoms with van der Waals surface area (Å²) >= 11 is 0. The summed E-state index contributed by atoms with van der Waals surface area (Å²) in [5, 5.41) is 3.12. The fourth-order valence-corrected chi connectivity index (χ4v) is 2.44. The monoisotopic (exact) mass is 373 g/mol. The fraction of sp³-hybridized carbons (Fsp3) is 0.500. The van der Waals surface area contributed by atoms with Crippen molar-refractivity contribution in [2.24, 2.45) is 22.6 Å². The highest BCUT2D eigenvalue weighted by Gasteiger charge is 2.47. The molecule has 0 saturated heterocycles. The third-order valence-corrected chi connectivity index (χ3v) is 3.68. The number of nitrogens with zero attached hydrogens (tertiary/aromatic N) is 1. The van der Waals surface area contributed by atoms with Crippen LogP contribution in [0.5, 0.6) is 5.75 Å². The van der Waals surface area contributed by atoms with Gasteiger partial charge in [0.2, 0.25) is 0 Å². The van der Waals surface area contributed by atoms with Gasteiger partial charge in [-0.3, -0.25) is 0 Å². The van der Waals surface area contributed by atoms with Crippen molar-refractivity contribution in [2.75, 3.05) is 12.4 Å². The van der Waals surface area contributed by atoms with Crippen LogP contribution in [0.15, 0.2) is 29.3 Å². The molecule has 0 spiro atoms. The molecule has 2 fully saturated rings. The van der Waals surface area contributed by atoms with Gasteiger partial charge in [-0.1, -0.05) is 6.07 Å². The van der Waals surface area contributed by atoms with Crippen molar-refractivity contribution >= 4 is 35.6 Å². The molecule has 5 heteroatoms. The summed E-state index contributed by atoms with van der Waals surface area (Å²) in [7, 11) is 1.65. The van der Waals surface area contributed by atoms with Crippen LogP contribution in [0.2, 0.25) is 0 Å². The maximum atomic E-state index is 5.92. The van der Waals surface area contributed by atoms with E-state index in [0.717, 1.165) is 23.3 Å². The molecule has 0 aliphatic heterocycles.